The molecule has 0 fully saturated rings. The number of halogens is 4. The van der Waals surface area contributed by atoms with Crippen molar-refractivity contribution < 1.29 is 41.5 Å². The highest BCUT2D eigenvalue weighted by molar-refractivity contribution is 6.33. The first-order valence-corrected chi connectivity index (χ1v) is 18.8. The summed E-state index contributed by atoms with van der Waals surface area (Å²) in [5, 5.41) is 15.8. The van der Waals surface area contributed by atoms with Gasteiger partial charge < -0.3 is 24.6 Å². The minimum Gasteiger partial charge on any atom is -0.481 e. The third-order valence-electron chi connectivity index (χ3n) is 10.0. The predicted molar refractivity (Wildman–Crippen MR) is 220 cm³/mol. The smallest absolute Gasteiger partial charge is 0.303 e. The fraction of sp³-hybridized carbons (Fsp3) is 0.0851. The number of amides is 2. The van der Waals surface area contributed by atoms with Crippen LogP contribution in [0.25, 0.3) is 66.8 Å². The lowest BCUT2D eigenvalue weighted by molar-refractivity contribution is -0.136. The van der Waals surface area contributed by atoms with Gasteiger partial charge in [-0.2, -0.15) is 0 Å². The Morgan fingerprint density at radius 2 is 1.22 bits per heavy atom. The van der Waals surface area contributed by atoms with Crippen molar-refractivity contribution in [1.82, 2.24) is 10.6 Å². The maximum atomic E-state index is 15.0. The Morgan fingerprint density at radius 3 is 1.92 bits per heavy atom. The highest BCUT2D eigenvalue weighted by Gasteiger charge is 2.26. The van der Waals surface area contributed by atoms with E-state index in [0.717, 1.165) is 16.7 Å². The molecule has 6 aromatic carbocycles. The number of nitrogens with one attached hydrogen (secondary N) is 2. The molecule has 12 heteroatoms. The van der Waals surface area contributed by atoms with Crippen LogP contribution in [0.5, 0.6) is 0 Å². The Bertz CT molecular complexity index is 2960. The molecule has 0 spiro atoms. The highest BCUT2D eigenvalue weighted by Crippen LogP contribution is 2.40. The van der Waals surface area contributed by atoms with E-state index in [2.05, 4.69) is 10.6 Å². The van der Waals surface area contributed by atoms with Crippen LogP contribution in [0.3, 0.4) is 0 Å². The van der Waals surface area contributed by atoms with Crippen LogP contribution in [0.15, 0.2) is 130 Å². The number of carboxylic acid groups (broad SMARTS) is 1. The van der Waals surface area contributed by atoms with Crippen molar-refractivity contribution in [1.29, 1.82) is 0 Å². The summed E-state index contributed by atoms with van der Waals surface area (Å²) in [6.07, 6.45) is 0.335. The van der Waals surface area contributed by atoms with Crippen molar-refractivity contribution in [3.05, 3.63) is 166 Å². The average molecular weight is 813 g/mol. The number of aliphatic carboxylic acids is 1. The van der Waals surface area contributed by atoms with Crippen molar-refractivity contribution in [2.75, 3.05) is 7.05 Å². The Labute approximate surface area is 339 Å². The second-order valence-corrected chi connectivity index (χ2v) is 14.2. The van der Waals surface area contributed by atoms with E-state index in [9.17, 15) is 23.2 Å². The summed E-state index contributed by atoms with van der Waals surface area (Å²) >= 11 is 6.40. The van der Waals surface area contributed by atoms with Crippen molar-refractivity contribution >= 4 is 51.3 Å². The number of benzene rings is 6. The molecule has 2 amide bonds. The van der Waals surface area contributed by atoms with Crippen LogP contribution in [0.2, 0.25) is 5.02 Å². The zero-order chi connectivity index (χ0) is 41.4. The molecule has 0 radical (unpaired) electrons. The summed E-state index contributed by atoms with van der Waals surface area (Å²) in [6, 6.07) is 31.3. The average Bonchev–Trinajstić information content (AvgIpc) is 3.80. The summed E-state index contributed by atoms with van der Waals surface area (Å²) in [5.41, 5.74) is 5.60. The number of hydrogen-bond acceptors (Lipinski definition) is 5. The molecule has 8 rings (SSSR count). The second-order valence-electron chi connectivity index (χ2n) is 13.8. The van der Waals surface area contributed by atoms with Crippen molar-refractivity contribution in [2.24, 2.45) is 0 Å². The van der Waals surface area contributed by atoms with E-state index in [1.54, 1.807) is 24.3 Å². The van der Waals surface area contributed by atoms with Crippen LogP contribution in [-0.4, -0.2) is 29.9 Å². The van der Waals surface area contributed by atoms with Crippen LogP contribution >= 0.6 is 11.6 Å². The summed E-state index contributed by atoms with van der Waals surface area (Å²) < 4.78 is 55.4. The number of furan rings is 2. The molecule has 0 aliphatic carbocycles. The number of carbonyl (C=O) groups is 3. The van der Waals surface area contributed by atoms with Gasteiger partial charge in [-0.15, -0.1) is 0 Å². The standard InChI is InChI=1S/C47H32ClF3N2O6/c1-52-46(56)43-36-21-28(27-4-2-3-25(19-27)5-18-41(54)55)8-16-40(36)59-45(43)35-15-13-32(50)20-30(35)24-53-47(57)42-37-22-29(34-14-12-33(51)23-38(34)48)9-17-39(37)58-44(42)26-6-10-31(49)11-7-26/h2-4,6-17,19-23H,5,18,24H2,1H3,(H,52,56)(H,53,57)(H,54,55). The molecule has 8 nitrogen and oxygen atoms in total. The molecule has 0 aliphatic rings. The van der Waals surface area contributed by atoms with E-state index in [1.165, 1.54) is 67.7 Å². The summed E-state index contributed by atoms with van der Waals surface area (Å²) in [7, 11) is 1.48. The predicted octanol–water partition coefficient (Wildman–Crippen LogP) is 11.2. The molecule has 0 atom stereocenters. The highest BCUT2D eigenvalue weighted by atomic mass is 35.5. The van der Waals surface area contributed by atoms with Gasteiger partial charge in [0.15, 0.2) is 0 Å². The van der Waals surface area contributed by atoms with E-state index in [-0.39, 0.29) is 40.6 Å². The number of fused-ring (bicyclic) bond motifs is 2. The SMILES string of the molecule is CNC(=O)c1c(-c2ccc(F)cc2CNC(=O)c2c(-c3ccc(F)cc3)oc3ccc(-c4ccc(F)cc4Cl)cc23)oc2ccc(-c3cccc(CCC(=O)O)c3)cc12. The first kappa shape index (κ1) is 38.7. The van der Waals surface area contributed by atoms with Crippen molar-refractivity contribution in [3.63, 3.8) is 0 Å². The minimum atomic E-state index is -0.898. The third-order valence-corrected chi connectivity index (χ3v) is 10.4. The van der Waals surface area contributed by atoms with E-state index in [1.807, 2.05) is 36.4 Å². The Kier molecular flexibility index (Phi) is 10.5. The molecule has 294 valence electrons. The number of rotatable bonds is 11. The zero-order valence-electron chi connectivity index (χ0n) is 31.2. The van der Waals surface area contributed by atoms with Gasteiger partial charge in [0.2, 0.25) is 0 Å². The fourth-order valence-electron chi connectivity index (χ4n) is 7.19. The fourth-order valence-corrected chi connectivity index (χ4v) is 7.46. The summed E-state index contributed by atoms with van der Waals surface area (Å²) in [4.78, 5) is 39.1. The Morgan fingerprint density at radius 1 is 0.627 bits per heavy atom. The lowest BCUT2D eigenvalue weighted by Gasteiger charge is -2.12. The van der Waals surface area contributed by atoms with Gasteiger partial charge in [0.1, 0.15) is 40.1 Å². The zero-order valence-corrected chi connectivity index (χ0v) is 31.9. The Balaban J connectivity index is 1.18. The Hall–Kier alpha value is -7.11. The maximum Gasteiger partial charge on any atom is 0.303 e. The van der Waals surface area contributed by atoms with E-state index < -0.39 is 35.2 Å². The van der Waals surface area contributed by atoms with E-state index in [4.69, 9.17) is 25.5 Å². The first-order chi connectivity index (χ1) is 28.5. The van der Waals surface area contributed by atoms with Gasteiger partial charge in [-0.25, -0.2) is 13.2 Å². The van der Waals surface area contributed by atoms with Crippen LogP contribution in [0.1, 0.15) is 38.3 Å². The molecule has 0 bridgehead atoms. The van der Waals surface area contributed by atoms with Gasteiger partial charge >= 0.3 is 5.97 Å². The van der Waals surface area contributed by atoms with E-state index in [0.29, 0.717) is 56.2 Å². The second kappa shape index (κ2) is 16.0. The first-order valence-electron chi connectivity index (χ1n) is 18.4. The lowest BCUT2D eigenvalue weighted by atomic mass is 9.96. The summed E-state index contributed by atoms with van der Waals surface area (Å²) in [6.45, 7) is -0.219. The molecule has 3 N–H and O–H groups in total. The van der Waals surface area contributed by atoms with Gasteiger partial charge in [0.25, 0.3) is 11.8 Å². The van der Waals surface area contributed by atoms with Crippen molar-refractivity contribution in [2.45, 2.75) is 19.4 Å². The van der Waals surface area contributed by atoms with Gasteiger partial charge in [-0.1, -0.05) is 48.0 Å². The van der Waals surface area contributed by atoms with Gasteiger partial charge in [0, 0.05) is 47.5 Å². The molecule has 59 heavy (non-hydrogen) atoms. The molecule has 8 aromatic rings. The molecule has 2 heterocycles. The van der Waals surface area contributed by atoms with E-state index >= 15 is 4.39 Å². The van der Waals surface area contributed by atoms with Crippen LogP contribution in [-0.2, 0) is 17.8 Å². The van der Waals surface area contributed by atoms with Gasteiger partial charge in [-0.05, 0) is 119 Å². The van der Waals surface area contributed by atoms with Gasteiger partial charge in [0.05, 0.1) is 16.1 Å². The molecule has 2 aromatic heterocycles. The number of hydrogen-bond donors (Lipinski definition) is 3. The van der Waals surface area contributed by atoms with Crippen LogP contribution in [0, 0.1) is 17.5 Å². The van der Waals surface area contributed by atoms with Crippen molar-refractivity contribution in [3.8, 4) is 44.9 Å². The molecular weight excluding hydrogens is 781 g/mol. The maximum absolute atomic E-state index is 15.0. The number of carboxylic acids is 1. The minimum absolute atomic E-state index is 0.0171. The lowest BCUT2D eigenvalue weighted by Crippen LogP contribution is -2.24. The quantitative estimate of drug-likeness (QED) is 0.120. The normalized spacial score (nSPS) is 11.3. The third kappa shape index (κ3) is 7.80. The monoisotopic (exact) mass is 812 g/mol. The number of aryl methyl sites for hydroxylation is 1. The largest absolute Gasteiger partial charge is 0.481 e. The molecular formula is C47H32ClF3N2O6. The molecule has 0 unspecified atom stereocenters. The molecule has 0 saturated heterocycles. The molecule has 0 aliphatic heterocycles. The van der Waals surface area contributed by atoms with Gasteiger partial charge in [-0.3, -0.25) is 14.4 Å². The van der Waals surface area contributed by atoms with Crippen LogP contribution in [0.4, 0.5) is 13.2 Å². The summed E-state index contributed by atoms with van der Waals surface area (Å²) in [5.74, 6) is -3.25. The van der Waals surface area contributed by atoms with Crippen LogP contribution < -0.4 is 10.6 Å². The molecule has 0 saturated carbocycles. The number of carbonyl (C=O) groups excluding carboxylic acids is 2. The topological polar surface area (TPSA) is 122 Å².